The van der Waals surface area contributed by atoms with Crippen molar-refractivity contribution in [3.05, 3.63) is 34.9 Å². The second kappa shape index (κ2) is 6.45. The number of nitrogens with one attached hydrogen (secondary N) is 1. The fourth-order valence-electron chi connectivity index (χ4n) is 2.06. The molecule has 0 spiro atoms. The average Bonchev–Trinajstić information content (AvgIpc) is 2.69. The third-order valence-electron chi connectivity index (χ3n) is 3.00. The molecule has 0 aromatic heterocycles. The van der Waals surface area contributed by atoms with E-state index in [-0.39, 0.29) is 12.4 Å². The molecule has 0 radical (unpaired) electrons. The number of likely N-dealkylation sites (tertiary alicyclic amines) is 1. The Morgan fingerprint density at radius 3 is 2.62 bits per heavy atom. The predicted octanol–water partition coefficient (Wildman–Crippen LogP) is 2.56. The molecule has 1 aliphatic rings. The van der Waals surface area contributed by atoms with Crippen LogP contribution in [0, 0.1) is 0 Å². The molecule has 0 amide bonds. The second-order valence-electron chi connectivity index (χ2n) is 4.14. The summed E-state index contributed by atoms with van der Waals surface area (Å²) in [7, 11) is 2.04. The van der Waals surface area contributed by atoms with Crippen molar-refractivity contribution in [3.8, 4) is 0 Å². The Labute approximate surface area is 108 Å². The Balaban J connectivity index is 0.00000128. The SMILES string of the molecule is CNC1CCN(Cc2ccc(Cl)cc2)C1.Cl. The number of nitrogens with zero attached hydrogens (tertiary/aromatic N) is 1. The topological polar surface area (TPSA) is 15.3 Å². The summed E-state index contributed by atoms with van der Waals surface area (Å²) in [5.74, 6) is 0. The van der Waals surface area contributed by atoms with E-state index in [1.165, 1.54) is 18.5 Å². The van der Waals surface area contributed by atoms with Crippen molar-refractivity contribution >= 4 is 24.0 Å². The molecule has 0 bridgehead atoms. The van der Waals surface area contributed by atoms with Gasteiger partial charge < -0.3 is 5.32 Å². The number of benzene rings is 1. The zero-order valence-corrected chi connectivity index (χ0v) is 11.0. The number of hydrogen-bond donors (Lipinski definition) is 1. The van der Waals surface area contributed by atoms with E-state index in [4.69, 9.17) is 11.6 Å². The highest BCUT2D eigenvalue weighted by atomic mass is 35.5. The highest BCUT2D eigenvalue weighted by molar-refractivity contribution is 6.30. The Morgan fingerprint density at radius 2 is 2.06 bits per heavy atom. The highest BCUT2D eigenvalue weighted by Gasteiger charge is 2.20. The van der Waals surface area contributed by atoms with Crippen molar-refractivity contribution in [2.75, 3.05) is 20.1 Å². The van der Waals surface area contributed by atoms with Crippen LogP contribution in [0.25, 0.3) is 0 Å². The minimum Gasteiger partial charge on any atom is -0.316 e. The lowest BCUT2D eigenvalue weighted by atomic mass is 10.2. The van der Waals surface area contributed by atoms with E-state index in [1.54, 1.807) is 0 Å². The van der Waals surface area contributed by atoms with Crippen LogP contribution in [0.1, 0.15) is 12.0 Å². The van der Waals surface area contributed by atoms with Crippen LogP contribution >= 0.6 is 24.0 Å². The number of rotatable bonds is 3. The van der Waals surface area contributed by atoms with E-state index in [9.17, 15) is 0 Å². The first-order valence-electron chi connectivity index (χ1n) is 5.42. The summed E-state index contributed by atoms with van der Waals surface area (Å²) in [6.07, 6.45) is 1.25. The predicted molar refractivity (Wildman–Crippen MR) is 71.4 cm³/mol. The Kier molecular flexibility index (Phi) is 5.56. The normalized spacial score (nSPS) is 20.8. The van der Waals surface area contributed by atoms with Gasteiger partial charge in [0.25, 0.3) is 0 Å². The molecule has 16 heavy (non-hydrogen) atoms. The zero-order chi connectivity index (χ0) is 10.7. The van der Waals surface area contributed by atoms with Crippen LogP contribution in [0.5, 0.6) is 0 Å². The van der Waals surface area contributed by atoms with Crippen molar-refractivity contribution in [2.45, 2.75) is 19.0 Å². The van der Waals surface area contributed by atoms with E-state index < -0.39 is 0 Å². The van der Waals surface area contributed by atoms with Crippen molar-refractivity contribution < 1.29 is 0 Å². The minimum atomic E-state index is 0. The molecule has 1 aliphatic heterocycles. The molecule has 2 rings (SSSR count). The minimum absolute atomic E-state index is 0. The van der Waals surface area contributed by atoms with Crippen LogP contribution < -0.4 is 5.32 Å². The monoisotopic (exact) mass is 260 g/mol. The maximum absolute atomic E-state index is 5.85. The quantitative estimate of drug-likeness (QED) is 0.899. The number of likely N-dealkylation sites (N-methyl/N-ethyl adjacent to an activating group) is 1. The molecular weight excluding hydrogens is 243 g/mol. The molecule has 1 fully saturated rings. The van der Waals surface area contributed by atoms with Gasteiger partial charge in [-0.25, -0.2) is 0 Å². The summed E-state index contributed by atoms with van der Waals surface area (Å²) in [4.78, 5) is 2.48. The van der Waals surface area contributed by atoms with Crippen LogP contribution in [-0.4, -0.2) is 31.1 Å². The zero-order valence-electron chi connectivity index (χ0n) is 9.45. The van der Waals surface area contributed by atoms with Gasteiger partial charge in [-0.1, -0.05) is 23.7 Å². The molecule has 1 unspecified atom stereocenters. The largest absolute Gasteiger partial charge is 0.316 e. The van der Waals surface area contributed by atoms with Gasteiger partial charge in [0, 0.05) is 30.7 Å². The molecule has 4 heteroatoms. The number of halogens is 2. The van der Waals surface area contributed by atoms with Crippen molar-refractivity contribution in [1.82, 2.24) is 10.2 Å². The van der Waals surface area contributed by atoms with Crippen LogP contribution in [-0.2, 0) is 6.54 Å². The third kappa shape index (κ3) is 3.63. The third-order valence-corrected chi connectivity index (χ3v) is 3.25. The lowest BCUT2D eigenvalue weighted by Gasteiger charge is -2.15. The van der Waals surface area contributed by atoms with Crippen molar-refractivity contribution in [2.24, 2.45) is 0 Å². The summed E-state index contributed by atoms with van der Waals surface area (Å²) in [6.45, 7) is 3.38. The molecule has 1 aromatic rings. The summed E-state index contributed by atoms with van der Waals surface area (Å²) < 4.78 is 0. The van der Waals surface area contributed by atoms with Gasteiger partial charge >= 0.3 is 0 Å². The smallest absolute Gasteiger partial charge is 0.0406 e. The summed E-state index contributed by atoms with van der Waals surface area (Å²) in [6, 6.07) is 8.80. The molecule has 90 valence electrons. The molecule has 1 heterocycles. The Morgan fingerprint density at radius 1 is 1.38 bits per heavy atom. The van der Waals surface area contributed by atoms with Crippen LogP contribution in [0.3, 0.4) is 0 Å². The molecule has 1 atom stereocenters. The van der Waals surface area contributed by atoms with Crippen LogP contribution in [0.2, 0.25) is 5.02 Å². The molecule has 1 aromatic carbocycles. The lowest BCUT2D eigenvalue weighted by molar-refractivity contribution is 0.322. The molecule has 1 N–H and O–H groups in total. The maximum atomic E-state index is 5.85. The van der Waals surface area contributed by atoms with E-state index >= 15 is 0 Å². The van der Waals surface area contributed by atoms with Crippen molar-refractivity contribution in [3.63, 3.8) is 0 Å². The number of hydrogen-bond acceptors (Lipinski definition) is 2. The van der Waals surface area contributed by atoms with Gasteiger partial charge in [-0.05, 0) is 31.2 Å². The van der Waals surface area contributed by atoms with Gasteiger partial charge in [0.15, 0.2) is 0 Å². The molecule has 2 nitrogen and oxygen atoms in total. The second-order valence-corrected chi connectivity index (χ2v) is 4.57. The summed E-state index contributed by atoms with van der Waals surface area (Å²) in [5.41, 5.74) is 1.34. The lowest BCUT2D eigenvalue weighted by Crippen LogP contribution is -2.29. The van der Waals surface area contributed by atoms with E-state index in [2.05, 4.69) is 22.3 Å². The summed E-state index contributed by atoms with van der Waals surface area (Å²) in [5, 5.41) is 4.14. The molecule has 0 aliphatic carbocycles. The van der Waals surface area contributed by atoms with Gasteiger partial charge in [-0.3, -0.25) is 4.90 Å². The molecule has 1 saturated heterocycles. The fourth-order valence-corrected chi connectivity index (χ4v) is 2.19. The highest BCUT2D eigenvalue weighted by Crippen LogP contribution is 2.15. The molecule has 0 saturated carbocycles. The fraction of sp³-hybridized carbons (Fsp3) is 0.500. The Bertz CT molecular complexity index is 313. The summed E-state index contributed by atoms with van der Waals surface area (Å²) >= 11 is 5.85. The van der Waals surface area contributed by atoms with Gasteiger partial charge in [-0.2, -0.15) is 0 Å². The first kappa shape index (κ1) is 13.8. The van der Waals surface area contributed by atoms with E-state index in [0.29, 0.717) is 6.04 Å². The van der Waals surface area contributed by atoms with Crippen LogP contribution in [0.15, 0.2) is 24.3 Å². The maximum Gasteiger partial charge on any atom is 0.0406 e. The van der Waals surface area contributed by atoms with Crippen LogP contribution in [0.4, 0.5) is 0 Å². The first-order valence-corrected chi connectivity index (χ1v) is 5.80. The Hall–Kier alpha value is -0.280. The van der Waals surface area contributed by atoms with Gasteiger partial charge in [-0.15, -0.1) is 12.4 Å². The van der Waals surface area contributed by atoms with Gasteiger partial charge in [0.1, 0.15) is 0 Å². The van der Waals surface area contributed by atoms with E-state index in [1.807, 2.05) is 19.2 Å². The standard InChI is InChI=1S/C12H17ClN2.ClH/c1-14-12-6-7-15(9-12)8-10-2-4-11(13)5-3-10;/h2-5,12,14H,6-9H2,1H3;1H. The van der Waals surface area contributed by atoms with Gasteiger partial charge in [0.05, 0.1) is 0 Å². The van der Waals surface area contributed by atoms with E-state index in [0.717, 1.165) is 18.1 Å². The molecular formula is C12H18Cl2N2. The van der Waals surface area contributed by atoms with Gasteiger partial charge in [0.2, 0.25) is 0 Å². The van der Waals surface area contributed by atoms with Crippen molar-refractivity contribution in [1.29, 1.82) is 0 Å². The average molecular weight is 261 g/mol. The first-order chi connectivity index (χ1) is 7.28.